The third-order valence-electron chi connectivity index (χ3n) is 4.32. The zero-order valence-corrected chi connectivity index (χ0v) is 18.7. The van der Waals surface area contributed by atoms with Crippen LogP contribution in [0.5, 0.6) is 11.5 Å². The molecule has 0 aliphatic rings. The summed E-state index contributed by atoms with van der Waals surface area (Å²) >= 11 is 12.3. The molecular weight excluding hydrogens is 435 g/mol. The number of halogens is 2. The van der Waals surface area contributed by atoms with Crippen molar-refractivity contribution >= 4 is 35.3 Å². The first-order valence-corrected chi connectivity index (χ1v) is 10.5. The molecule has 0 aliphatic carbocycles. The van der Waals surface area contributed by atoms with Crippen LogP contribution in [0.3, 0.4) is 0 Å². The van der Waals surface area contributed by atoms with Crippen molar-refractivity contribution in [2.24, 2.45) is 5.10 Å². The van der Waals surface area contributed by atoms with E-state index in [4.69, 9.17) is 32.7 Å². The molecule has 0 atom stereocenters. The van der Waals surface area contributed by atoms with Gasteiger partial charge in [-0.1, -0.05) is 53.0 Å². The Hall–Kier alpha value is -3.02. The highest BCUT2D eigenvalue weighted by molar-refractivity contribution is 6.32. The number of nitrogens with one attached hydrogen (secondary N) is 1. The van der Waals surface area contributed by atoms with E-state index in [0.717, 1.165) is 5.56 Å². The van der Waals surface area contributed by atoms with E-state index < -0.39 is 0 Å². The van der Waals surface area contributed by atoms with Crippen molar-refractivity contribution in [1.82, 2.24) is 5.43 Å². The fraction of sp³-hybridized carbons (Fsp3) is 0.167. The summed E-state index contributed by atoms with van der Waals surface area (Å²) < 4.78 is 11.6. The minimum absolute atomic E-state index is 0.345. The van der Waals surface area contributed by atoms with Crippen molar-refractivity contribution in [3.05, 3.63) is 93.0 Å². The fourth-order valence-electron chi connectivity index (χ4n) is 2.74. The predicted molar refractivity (Wildman–Crippen MR) is 125 cm³/mol. The van der Waals surface area contributed by atoms with Gasteiger partial charge in [0.15, 0.2) is 11.5 Å². The van der Waals surface area contributed by atoms with Crippen molar-refractivity contribution in [2.75, 3.05) is 6.61 Å². The van der Waals surface area contributed by atoms with Gasteiger partial charge in [-0.15, -0.1) is 0 Å². The lowest BCUT2D eigenvalue weighted by atomic mass is 10.1. The number of amides is 1. The summed E-state index contributed by atoms with van der Waals surface area (Å²) in [6, 6.07) is 18.1. The molecule has 0 heterocycles. The first-order chi connectivity index (χ1) is 15.0. The van der Waals surface area contributed by atoms with Crippen LogP contribution >= 0.6 is 23.2 Å². The lowest BCUT2D eigenvalue weighted by Gasteiger charge is -2.14. The number of aryl methyl sites for hydroxylation is 1. The van der Waals surface area contributed by atoms with Crippen LogP contribution < -0.4 is 14.9 Å². The summed E-state index contributed by atoms with van der Waals surface area (Å²) in [5.74, 6) is 0.626. The van der Waals surface area contributed by atoms with Crippen LogP contribution in [0.25, 0.3) is 0 Å². The van der Waals surface area contributed by atoms with Gasteiger partial charge in [0.1, 0.15) is 6.61 Å². The second kappa shape index (κ2) is 10.8. The van der Waals surface area contributed by atoms with Crippen LogP contribution in [0.1, 0.15) is 34.0 Å². The highest BCUT2D eigenvalue weighted by Gasteiger charge is 2.13. The Morgan fingerprint density at radius 3 is 2.42 bits per heavy atom. The Morgan fingerprint density at radius 2 is 1.74 bits per heavy atom. The lowest BCUT2D eigenvalue weighted by Crippen LogP contribution is -2.17. The van der Waals surface area contributed by atoms with Crippen molar-refractivity contribution in [1.29, 1.82) is 0 Å². The number of hydrazone groups is 1. The van der Waals surface area contributed by atoms with Crippen LogP contribution in [-0.4, -0.2) is 18.7 Å². The largest absolute Gasteiger partial charge is 0.490 e. The highest BCUT2D eigenvalue weighted by Crippen LogP contribution is 2.37. The zero-order chi connectivity index (χ0) is 22.2. The van der Waals surface area contributed by atoms with E-state index in [-0.39, 0.29) is 5.91 Å². The van der Waals surface area contributed by atoms with Gasteiger partial charge in [-0.2, -0.15) is 5.10 Å². The molecule has 0 aliphatic heterocycles. The Balaban J connectivity index is 1.71. The molecule has 0 bridgehead atoms. The maximum absolute atomic E-state index is 12.1. The van der Waals surface area contributed by atoms with Gasteiger partial charge >= 0.3 is 0 Å². The minimum atomic E-state index is -0.345. The summed E-state index contributed by atoms with van der Waals surface area (Å²) in [5.41, 5.74) is 5.80. The molecule has 0 aromatic heterocycles. The minimum Gasteiger partial charge on any atom is -0.490 e. The number of hydrogen-bond acceptors (Lipinski definition) is 4. The Kier molecular flexibility index (Phi) is 7.93. The molecule has 3 aromatic rings. The summed E-state index contributed by atoms with van der Waals surface area (Å²) in [5, 5.41) is 4.95. The van der Waals surface area contributed by atoms with Crippen LogP contribution in [0.4, 0.5) is 0 Å². The van der Waals surface area contributed by atoms with Gasteiger partial charge in [0.25, 0.3) is 5.91 Å². The topological polar surface area (TPSA) is 59.9 Å². The maximum Gasteiger partial charge on any atom is 0.271 e. The monoisotopic (exact) mass is 456 g/mol. The molecule has 0 fully saturated rings. The Morgan fingerprint density at radius 1 is 1.03 bits per heavy atom. The molecule has 0 saturated carbocycles. The molecule has 31 heavy (non-hydrogen) atoms. The standard InChI is InChI=1S/C24H22Cl2N2O3/c1-3-30-22-13-18(14-27-28-24(29)19-8-10-20(25)11-9-19)12-21(26)23(22)31-15-17-6-4-16(2)5-7-17/h4-14H,3,15H2,1-2H3,(H,28,29)/b27-14-. The predicted octanol–water partition coefficient (Wildman–Crippen LogP) is 6.04. The Labute approximate surface area is 191 Å². The molecule has 5 nitrogen and oxygen atoms in total. The van der Waals surface area contributed by atoms with Crippen LogP contribution in [0.2, 0.25) is 10.0 Å². The van der Waals surface area contributed by atoms with E-state index in [1.165, 1.54) is 11.8 Å². The number of carbonyl (C=O) groups is 1. The summed E-state index contributed by atoms with van der Waals surface area (Å²) in [6.45, 7) is 4.73. The molecule has 0 saturated heterocycles. The molecule has 0 spiro atoms. The highest BCUT2D eigenvalue weighted by atomic mass is 35.5. The SMILES string of the molecule is CCOc1cc(/C=N\NC(=O)c2ccc(Cl)cc2)cc(Cl)c1OCc1ccc(C)cc1. The number of hydrogen-bond donors (Lipinski definition) is 1. The van der Waals surface area contributed by atoms with Crippen molar-refractivity contribution in [2.45, 2.75) is 20.5 Å². The summed E-state index contributed by atoms with van der Waals surface area (Å²) in [4.78, 5) is 12.1. The Bertz CT molecular complexity index is 1070. The molecule has 7 heteroatoms. The van der Waals surface area contributed by atoms with Gasteiger partial charge in [0, 0.05) is 10.6 Å². The van der Waals surface area contributed by atoms with Crippen LogP contribution in [0.15, 0.2) is 65.8 Å². The smallest absolute Gasteiger partial charge is 0.271 e. The van der Waals surface area contributed by atoms with E-state index >= 15 is 0 Å². The van der Waals surface area contributed by atoms with Gasteiger partial charge in [0.05, 0.1) is 17.8 Å². The molecule has 1 amide bonds. The molecular formula is C24H22Cl2N2O3. The normalized spacial score (nSPS) is 10.8. The van der Waals surface area contributed by atoms with Crippen molar-refractivity contribution in [3.63, 3.8) is 0 Å². The van der Waals surface area contributed by atoms with E-state index in [1.54, 1.807) is 36.4 Å². The zero-order valence-electron chi connectivity index (χ0n) is 17.2. The second-order valence-electron chi connectivity index (χ2n) is 6.74. The van der Waals surface area contributed by atoms with Crippen molar-refractivity contribution < 1.29 is 14.3 Å². The number of benzene rings is 3. The number of ether oxygens (including phenoxy) is 2. The summed E-state index contributed by atoms with van der Waals surface area (Å²) in [7, 11) is 0. The van der Waals surface area contributed by atoms with Gasteiger partial charge in [-0.3, -0.25) is 4.79 Å². The third-order valence-corrected chi connectivity index (χ3v) is 4.85. The van der Waals surface area contributed by atoms with Crippen LogP contribution in [-0.2, 0) is 6.61 Å². The van der Waals surface area contributed by atoms with E-state index in [0.29, 0.717) is 45.9 Å². The van der Waals surface area contributed by atoms with E-state index in [9.17, 15) is 4.79 Å². The average Bonchev–Trinajstić information content (AvgIpc) is 2.75. The van der Waals surface area contributed by atoms with Gasteiger partial charge in [-0.25, -0.2) is 5.43 Å². The summed E-state index contributed by atoms with van der Waals surface area (Å²) in [6.07, 6.45) is 1.49. The average molecular weight is 457 g/mol. The number of carbonyl (C=O) groups excluding carboxylic acids is 1. The molecule has 0 radical (unpaired) electrons. The van der Waals surface area contributed by atoms with E-state index in [2.05, 4.69) is 10.5 Å². The molecule has 1 N–H and O–H groups in total. The number of rotatable bonds is 8. The molecule has 3 rings (SSSR count). The van der Waals surface area contributed by atoms with Gasteiger partial charge in [-0.05, 0) is 61.4 Å². The molecule has 3 aromatic carbocycles. The second-order valence-corrected chi connectivity index (χ2v) is 7.59. The molecule has 0 unspecified atom stereocenters. The number of nitrogens with zero attached hydrogens (tertiary/aromatic N) is 1. The quantitative estimate of drug-likeness (QED) is 0.331. The van der Waals surface area contributed by atoms with Crippen molar-refractivity contribution in [3.8, 4) is 11.5 Å². The fourth-order valence-corrected chi connectivity index (χ4v) is 3.14. The van der Waals surface area contributed by atoms with E-state index in [1.807, 2.05) is 38.1 Å². The van der Waals surface area contributed by atoms with Gasteiger partial charge in [0.2, 0.25) is 0 Å². The molecule has 160 valence electrons. The lowest BCUT2D eigenvalue weighted by molar-refractivity contribution is 0.0955. The first-order valence-electron chi connectivity index (χ1n) is 9.70. The van der Waals surface area contributed by atoms with Crippen LogP contribution in [0, 0.1) is 6.92 Å². The maximum atomic E-state index is 12.1. The van der Waals surface area contributed by atoms with Gasteiger partial charge < -0.3 is 9.47 Å². The first kappa shape index (κ1) is 22.7. The third kappa shape index (κ3) is 6.48.